The summed E-state index contributed by atoms with van der Waals surface area (Å²) in [5.74, 6) is 0. The molecule has 24 aromatic rings. The zero-order valence-electron chi connectivity index (χ0n) is 74.4. The van der Waals surface area contributed by atoms with E-state index in [1.165, 1.54) is 24.3 Å². The van der Waals surface area contributed by atoms with Crippen molar-refractivity contribution in [1.82, 2.24) is 18.3 Å². The van der Waals surface area contributed by atoms with Gasteiger partial charge in [0.15, 0.2) is 0 Å². The summed E-state index contributed by atoms with van der Waals surface area (Å²) in [5.41, 5.74) is 16.5. The molecule has 0 aliphatic carbocycles. The van der Waals surface area contributed by atoms with Gasteiger partial charge in [-0.2, -0.15) is 47.4 Å². The fourth-order valence-electron chi connectivity index (χ4n) is 21.2. The summed E-state index contributed by atoms with van der Waals surface area (Å²) >= 11 is 0. The Balaban J connectivity index is 0.877. The first-order valence-electron chi connectivity index (χ1n) is 45.8. The van der Waals surface area contributed by atoms with Crippen LogP contribution in [0.5, 0.6) is 0 Å². The number of hydrogen-bond donors (Lipinski definition) is 0. The Kier molecular flexibility index (Phi) is 20.2. The molecule has 0 spiro atoms. The minimum absolute atomic E-state index is 0.0217. The van der Waals surface area contributed by atoms with Crippen molar-refractivity contribution in [2.24, 2.45) is 0 Å². The van der Waals surface area contributed by atoms with Gasteiger partial charge in [-0.15, -0.1) is 0 Å². The topological polar surface area (TPSA) is 115 Å². The number of nitriles is 4. The molecule has 0 amide bonds. The fraction of sp³-hybridized carbons (Fsp3) is 0.0159. The van der Waals surface area contributed by atoms with Crippen molar-refractivity contribution in [2.75, 3.05) is 0 Å². The summed E-state index contributed by atoms with van der Waals surface area (Å²) in [6.07, 6.45) is -10.1. The highest BCUT2D eigenvalue weighted by Gasteiger charge is 2.39. The second kappa shape index (κ2) is 33.6. The molecule has 4 aromatic heterocycles. The van der Waals surface area contributed by atoms with Gasteiger partial charge in [0.1, 0.15) is 0 Å². The number of benzene rings is 20. The molecule has 0 saturated heterocycles. The summed E-state index contributed by atoms with van der Waals surface area (Å²) in [6.45, 7) is 0. The molecule has 0 radical (unpaired) electrons. The van der Waals surface area contributed by atoms with Crippen LogP contribution >= 0.6 is 0 Å². The monoisotopic (exact) mass is 1810 g/mol. The molecule has 14 heteroatoms. The predicted octanol–water partition coefficient (Wildman–Crippen LogP) is 33.9. The Hall–Kier alpha value is -18.9. The third kappa shape index (κ3) is 14.0. The molecule has 8 nitrogen and oxygen atoms in total. The zero-order valence-corrected chi connectivity index (χ0v) is 74.4. The highest BCUT2D eigenvalue weighted by atomic mass is 19.4. The van der Waals surface area contributed by atoms with E-state index in [-0.39, 0.29) is 66.8 Å². The van der Waals surface area contributed by atoms with Crippen molar-refractivity contribution in [3.8, 4) is 169 Å². The van der Waals surface area contributed by atoms with E-state index in [1.54, 1.807) is 36.4 Å². The molecule has 658 valence electrons. The van der Waals surface area contributed by atoms with Gasteiger partial charge < -0.3 is 18.3 Å². The molecule has 0 saturated carbocycles. The number of fused-ring (bicyclic) bond motifs is 12. The van der Waals surface area contributed by atoms with Gasteiger partial charge >= 0.3 is 12.4 Å². The van der Waals surface area contributed by atoms with E-state index in [0.717, 1.165) is 122 Å². The Bertz CT molecular complexity index is 9330. The van der Waals surface area contributed by atoms with Crippen LogP contribution in [0.15, 0.2) is 437 Å². The number of hydrogen-bond acceptors (Lipinski definition) is 4. The van der Waals surface area contributed by atoms with E-state index >= 15 is 26.3 Å². The minimum Gasteiger partial charge on any atom is -0.309 e. The Morgan fingerprint density at radius 3 is 0.864 bits per heavy atom. The van der Waals surface area contributed by atoms with Crippen LogP contribution in [-0.2, 0) is 12.4 Å². The molecule has 0 aliphatic rings. The summed E-state index contributed by atoms with van der Waals surface area (Å²) in [4.78, 5) is 0. The van der Waals surface area contributed by atoms with Gasteiger partial charge in [-0.3, -0.25) is 0 Å². The zero-order chi connectivity index (χ0) is 94.8. The predicted molar refractivity (Wildman–Crippen MR) is 552 cm³/mol. The maximum atomic E-state index is 16.9. The lowest BCUT2D eigenvalue weighted by atomic mass is 9.85. The number of halogens is 6. The number of aromatic nitrogens is 4. The number of rotatable bonds is 15. The number of alkyl halides is 6. The normalized spacial score (nSPS) is 11.8. The van der Waals surface area contributed by atoms with E-state index in [1.807, 2.05) is 285 Å². The van der Waals surface area contributed by atoms with Crippen LogP contribution < -0.4 is 0 Å². The van der Waals surface area contributed by atoms with Crippen LogP contribution in [0.4, 0.5) is 26.3 Å². The fourth-order valence-corrected chi connectivity index (χ4v) is 21.2. The van der Waals surface area contributed by atoms with Gasteiger partial charge in [0.25, 0.3) is 0 Å². The number of para-hydroxylation sites is 2. The molecule has 0 atom stereocenters. The van der Waals surface area contributed by atoms with E-state index in [4.69, 9.17) is 0 Å². The lowest BCUT2D eigenvalue weighted by Crippen LogP contribution is -2.10. The Morgan fingerprint density at radius 2 is 0.486 bits per heavy atom. The molecule has 0 fully saturated rings. The second-order valence-corrected chi connectivity index (χ2v) is 35.1. The summed E-state index contributed by atoms with van der Waals surface area (Å²) in [5, 5.41) is 53.1. The molecular formula is C126H72F6N8. The van der Waals surface area contributed by atoms with Crippen molar-refractivity contribution in [3.63, 3.8) is 0 Å². The SMILES string of the molecule is N#Cc1ccc(-c2cccc(-n3c4ccccc4c4cc(-c5ccccc5)ccc43)c2-c2c(C#N)cc(-c3cc(-c4ccccc4)cc4c5cc(-c6ccccc6)ccc5n(-c5cccc(-c6ccc(C#N)cc6C(F)(F)F)c5-c5c(C#N)cccc5-n5c6ccc(-c7ccccc7)cc6c6cc(-c7ccccc7)ccc65)c34)cc2-n2c3ccccc3c3cc(-c4ccccc4)ccc32)c(C(F)(F)F)c1. The lowest BCUT2D eigenvalue weighted by molar-refractivity contribution is -0.137. The van der Waals surface area contributed by atoms with Crippen molar-refractivity contribution >= 4 is 87.2 Å². The van der Waals surface area contributed by atoms with Gasteiger partial charge in [-0.05, 0) is 240 Å². The van der Waals surface area contributed by atoms with E-state index in [0.29, 0.717) is 77.7 Å². The maximum absolute atomic E-state index is 16.9. The van der Waals surface area contributed by atoms with Gasteiger partial charge in [-0.25, -0.2) is 0 Å². The van der Waals surface area contributed by atoms with Gasteiger partial charge in [-0.1, -0.05) is 291 Å². The van der Waals surface area contributed by atoms with Crippen LogP contribution in [0.2, 0.25) is 0 Å². The third-order valence-electron chi connectivity index (χ3n) is 27.4. The first-order chi connectivity index (χ1) is 68.6. The summed E-state index contributed by atoms with van der Waals surface area (Å²) in [7, 11) is 0. The highest BCUT2D eigenvalue weighted by molar-refractivity contribution is 6.20. The summed E-state index contributed by atoms with van der Waals surface area (Å²) in [6, 6.07) is 147. The van der Waals surface area contributed by atoms with Crippen molar-refractivity contribution < 1.29 is 26.3 Å². The van der Waals surface area contributed by atoms with Gasteiger partial charge in [0, 0.05) is 70.9 Å². The van der Waals surface area contributed by atoms with E-state index in [2.05, 4.69) is 121 Å². The van der Waals surface area contributed by atoms with Crippen LogP contribution in [0.3, 0.4) is 0 Å². The molecule has 140 heavy (non-hydrogen) atoms. The molecule has 0 unspecified atom stereocenters. The average molecular weight is 1810 g/mol. The van der Waals surface area contributed by atoms with Crippen LogP contribution in [0, 0.1) is 45.3 Å². The molecule has 0 bridgehead atoms. The van der Waals surface area contributed by atoms with Crippen molar-refractivity contribution in [2.45, 2.75) is 12.4 Å². The largest absolute Gasteiger partial charge is 0.417 e. The molecular weight excluding hydrogens is 1740 g/mol. The Labute approximate surface area is 799 Å². The van der Waals surface area contributed by atoms with Crippen molar-refractivity contribution in [3.05, 3.63) is 470 Å². The van der Waals surface area contributed by atoms with Crippen LogP contribution in [0.25, 0.3) is 232 Å². The molecule has 0 aliphatic heterocycles. The second-order valence-electron chi connectivity index (χ2n) is 35.1. The third-order valence-corrected chi connectivity index (χ3v) is 27.4. The quantitative estimate of drug-likeness (QED) is 0.0951. The lowest BCUT2D eigenvalue weighted by Gasteiger charge is -2.25. The van der Waals surface area contributed by atoms with Crippen LogP contribution in [0.1, 0.15) is 33.4 Å². The van der Waals surface area contributed by atoms with E-state index in [9.17, 15) is 21.0 Å². The minimum atomic E-state index is -5.07. The van der Waals surface area contributed by atoms with Crippen LogP contribution in [-0.4, -0.2) is 18.3 Å². The van der Waals surface area contributed by atoms with Gasteiger partial charge in [0.05, 0.1) is 125 Å². The molecule has 24 rings (SSSR count). The highest BCUT2D eigenvalue weighted by Crippen LogP contribution is 2.56. The smallest absolute Gasteiger partial charge is 0.309 e. The van der Waals surface area contributed by atoms with E-state index < -0.39 is 23.5 Å². The summed E-state index contributed by atoms with van der Waals surface area (Å²) < 4.78 is 109. The molecule has 4 heterocycles. The maximum Gasteiger partial charge on any atom is 0.417 e. The molecule has 20 aromatic carbocycles. The Morgan fingerprint density at radius 1 is 0.179 bits per heavy atom. The van der Waals surface area contributed by atoms with Crippen molar-refractivity contribution in [1.29, 1.82) is 21.0 Å². The number of nitrogens with zero attached hydrogens (tertiary/aromatic N) is 8. The molecule has 0 N–H and O–H groups in total. The first kappa shape index (κ1) is 84.2. The first-order valence-corrected chi connectivity index (χ1v) is 45.8. The van der Waals surface area contributed by atoms with Gasteiger partial charge in [0.2, 0.25) is 0 Å². The average Bonchev–Trinajstić information content (AvgIpc) is 1.52. The standard InChI is InChI=1S/C126H72F6N8/c127-125(128,129)107-62-77(73-133)48-55-94(107)98-41-24-46-117(137-109-43-21-19-39-96(109)101-65-85(50-57-111(101)137)79-26-7-1-8-27-79)122(98)121-93(76-136)64-92(72-119(121)139-110-44-22-20-40-97(110)102-66-86(51-58-112(102)139)80-28-9-2-10-29-80)100-70-91(84-36-17-6-18-37-84)71-106-105-69-89(83-34-15-5-16-35-83)54-61-115(105)140(124(100)106)118-47-25-42-99(95-56-49-78(74-134)63-108(95)126(130,131)132)123(118)120-90(75-135)38-23-45-116(120)138-113-59-52-87(81-30-11-3-12-31-81)67-103(113)104-68-88(53-60-114(104)138)82-32-13-4-14-33-82/h1-72H.